The first-order chi connectivity index (χ1) is 14.9. The van der Waals surface area contributed by atoms with Crippen LogP contribution in [0.4, 0.5) is 21.9 Å². The van der Waals surface area contributed by atoms with E-state index in [1.165, 1.54) is 9.80 Å². The molecule has 1 N–H and O–H groups in total. The molecular formula is C25H20N4O2. The molecule has 0 radical (unpaired) electrons. The highest BCUT2D eigenvalue weighted by atomic mass is 16.3. The number of nitriles is 1. The van der Waals surface area contributed by atoms with Crippen LogP contribution in [0.5, 0.6) is 0 Å². The van der Waals surface area contributed by atoms with Gasteiger partial charge in [-0.1, -0.05) is 42.0 Å². The van der Waals surface area contributed by atoms with Gasteiger partial charge < -0.3 is 5.11 Å². The maximum atomic E-state index is 13.7. The molecule has 1 fully saturated rings. The number of carbonyl (C=O) groups is 1. The van der Waals surface area contributed by atoms with E-state index in [1.54, 1.807) is 61.5 Å². The van der Waals surface area contributed by atoms with Crippen LogP contribution in [0.1, 0.15) is 23.6 Å². The average molecular weight is 408 g/mol. The number of aryl methyl sites for hydroxylation is 1. The van der Waals surface area contributed by atoms with E-state index in [2.05, 4.69) is 10.9 Å². The van der Waals surface area contributed by atoms with Crippen LogP contribution >= 0.6 is 0 Å². The van der Waals surface area contributed by atoms with E-state index >= 15 is 0 Å². The SMILES string of the molecule is [C-]#[N+]c1ccc(N2C(=O)N(c3ccc(C#N)cc3)[C@H](C)C2(O)c2cccc(C)c2)cc1. The van der Waals surface area contributed by atoms with E-state index in [0.29, 0.717) is 28.2 Å². The van der Waals surface area contributed by atoms with Gasteiger partial charge in [-0.05, 0) is 50.2 Å². The van der Waals surface area contributed by atoms with Gasteiger partial charge in [0, 0.05) is 16.9 Å². The van der Waals surface area contributed by atoms with Crippen LogP contribution in [0.25, 0.3) is 4.85 Å². The molecule has 3 aromatic carbocycles. The van der Waals surface area contributed by atoms with Gasteiger partial charge in [0.15, 0.2) is 11.4 Å². The largest absolute Gasteiger partial charge is 0.365 e. The zero-order valence-electron chi connectivity index (χ0n) is 17.1. The molecule has 1 unspecified atom stereocenters. The van der Waals surface area contributed by atoms with E-state index in [-0.39, 0.29) is 0 Å². The molecule has 0 spiro atoms. The Balaban J connectivity index is 1.89. The molecule has 2 atom stereocenters. The first-order valence-corrected chi connectivity index (χ1v) is 9.80. The molecular weight excluding hydrogens is 388 g/mol. The number of amides is 2. The van der Waals surface area contributed by atoms with Crippen LogP contribution in [0.2, 0.25) is 0 Å². The zero-order chi connectivity index (χ0) is 22.2. The molecule has 1 aliphatic heterocycles. The molecule has 0 aliphatic carbocycles. The monoisotopic (exact) mass is 408 g/mol. The van der Waals surface area contributed by atoms with Gasteiger partial charge in [0.1, 0.15) is 0 Å². The molecule has 31 heavy (non-hydrogen) atoms. The smallest absolute Gasteiger partial charge is 0.332 e. The second kappa shape index (κ2) is 7.60. The van der Waals surface area contributed by atoms with Crippen molar-refractivity contribution >= 4 is 23.1 Å². The number of anilines is 2. The number of aliphatic hydroxyl groups is 1. The van der Waals surface area contributed by atoms with E-state index in [4.69, 9.17) is 11.8 Å². The summed E-state index contributed by atoms with van der Waals surface area (Å²) in [7, 11) is 0. The average Bonchev–Trinajstić information content (AvgIpc) is 3.00. The Morgan fingerprint density at radius 3 is 2.29 bits per heavy atom. The van der Waals surface area contributed by atoms with Crippen LogP contribution in [-0.4, -0.2) is 17.2 Å². The van der Waals surface area contributed by atoms with Crippen molar-refractivity contribution in [1.82, 2.24) is 0 Å². The third kappa shape index (κ3) is 3.20. The van der Waals surface area contributed by atoms with Gasteiger partial charge >= 0.3 is 6.03 Å². The maximum absolute atomic E-state index is 13.7. The second-order valence-corrected chi connectivity index (χ2v) is 7.55. The van der Waals surface area contributed by atoms with Crippen molar-refractivity contribution in [2.75, 3.05) is 9.80 Å². The standard InChI is InChI=1S/C25H20N4O2/c1-17-5-4-6-20(15-17)25(31)18(2)28(22-11-7-19(16-26)8-12-22)24(30)29(25)23-13-9-21(27-3)10-14-23/h4-15,18,31H,1-2H3/t18-,25?/m1/s1. The second-order valence-electron chi connectivity index (χ2n) is 7.55. The van der Waals surface area contributed by atoms with Gasteiger partial charge in [-0.15, -0.1) is 0 Å². The molecule has 3 aromatic rings. The lowest BCUT2D eigenvalue weighted by atomic mass is 9.93. The fourth-order valence-corrected chi connectivity index (χ4v) is 4.04. The minimum absolute atomic E-state index is 0.392. The number of hydrogen-bond donors (Lipinski definition) is 1. The summed E-state index contributed by atoms with van der Waals surface area (Å²) in [5, 5.41) is 21.1. The first-order valence-electron chi connectivity index (χ1n) is 9.80. The van der Waals surface area contributed by atoms with Crippen LogP contribution in [-0.2, 0) is 5.72 Å². The van der Waals surface area contributed by atoms with Crippen LogP contribution in [0.3, 0.4) is 0 Å². The van der Waals surface area contributed by atoms with Gasteiger partial charge in [0.05, 0.1) is 24.2 Å². The van der Waals surface area contributed by atoms with Crippen molar-refractivity contribution in [3.8, 4) is 6.07 Å². The Morgan fingerprint density at radius 2 is 1.71 bits per heavy atom. The molecule has 0 bridgehead atoms. The molecule has 0 aromatic heterocycles. The lowest BCUT2D eigenvalue weighted by Gasteiger charge is -2.36. The molecule has 6 heteroatoms. The molecule has 1 heterocycles. The summed E-state index contributed by atoms with van der Waals surface area (Å²) in [4.78, 5) is 20.0. The summed E-state index contributed by atoms with van der Waals surface area (Å²) in [5.41, 5.74) is 1.93. The van der Waals surface area contributed by atoms with Crippen molar-refractivity contribution in [3.63, 3.8) is 0 Å². The predicted octanol–water partition coefficient (Wildman–Crippen LogP) is 5.10. The lowest BCUT2D eigenvalue weighted by Crippen LogP contribution is -2.48. The Kier molecular flexibility index (Phi) is 4.94. The van der Waals surface area contributed by atoms with Crippen LogP contribution in [0, 0.1) is 24.8 Å². The highest BCUT2D eigenvalue weighted by Crippen LogP contribution is 2.44. The summed E-state index contributed by atoms with van der Waals surface area (Å²) in [5.74, 6) is 0. The van der Waals surface area contributed by atoms with E-state index in [9.17, 15) is 9.90 Å². The minimum atomic E-state index is -1.64. The van der Waals surface area contributed by atoms with E-state index in [1.807, 2.05) is 25.1 Å². The van der Waals surface area contributed by atoms with E-state index in [0.717, 1.165) is 5.56 Å². The zero-order valence-corrected chi connectivity index (χ0v) is 17.1. The third-order valence-electron chi connectivity index (χ3n) is 5.66. The summed E-state index contributed by atoms with van der Waals surface area (Å²) in [6.45, 7) is 10.9. The normalized spacial score (nSPS) is 20.4. The van der Waals surface area contributed by atoms with Crippen molar-refractivity contribution < 1.29 is 9.90 Å². The van der Waals surface area contributed by atoms with Gasteiger partial charge in [0.25, 0.3) is 0 Å². The van der Waals surface area contributed by atoms with Gasteiger partial charge in [-0.3, -0.25) is 9.80 Å². The molecule has 4 rings (SSSR count). The Morgan fingerprint density at radius 1 is 1.06 bits per heavy atom. The minimum Gasteiger partial charge on any atom is -0.365 e. The molecule has 152 valence electrons. The Bertz CT molecular complexity index is 1220. The highest BCUT2D eigenvalue weighted by Gasteiger charge is 2.56. The first kappa shape index (κ1) is 20.2. The Labute approximate surface area is 181 Å². The number of urea groups is 1. The fourth-order valence-electron chi connectivity index (χ4n) is 4.04. The molecule has 1 aliphatic rings. The number of benzene rings is 3. The van der Waals surface area contributed by atoms with Gasteiger partial charge in [-0.2, -0.15) is 5.26 Å². The topological polar surface area (TPSA) is 71.9 Å². The quantitative estimate of drug-likeness (QED) is 0.613. The Hall–Kier alpha value is -4.13. The molecule has 2 amide bonds. The summed E-state index contributed by atoms with van der Waals surface area (Å²) >= 11 is 0. The van der Waals surface area contributed by atoms with E-state index < -0.39 is 17.8 Å². The summed E-state index contributed by atoms with van der Waals surface area (Å²) in [6, 6.07) is 21.8. The maximum Gasteiger partial charge on any atom is 0.332 e. The lowest BCUT2D eigenvalue weighted by molar-refractivity contribution is 0.0372. The molecule has 0 saturated carbocycles. The van der Waals surface area contributed by atoms with Crippen LogP contribution < -0.4 is 9.80 Å². The summed E-state index contributed by atoms with van der Waals surface area (Å²) in [6.07, 6.45) is 0. The third-order valence-corrected chi connectivity index (χ3v) is 5.66. The number of hydrogen-bond acceptors (Lipinski definition) is 3. The van der Waals surface area contributed by atoms with Crippen molar-refractivity contribution in [3.05, 3.63) is 101 Å². The predicted molar refractivity (Wildman–Crippen MR) is 119 cm³/mol. The summed E-state index contributed by atoms with van der Waals surface area (Å²) < 4.78 is 0. The molecule has 6 nitrogen and oxygen atoms in total. The van der Waals surface area contributed by atoms with Crippen molar-refractivity contribution in [2.45, 2.75) is 25.6 Å². The number of rotatable bonds is 3. The fraction of sp³-hybridized carbons (Fsp3) is 0.160. The van der Waals surface area contributed by atoms with Crippen molar-refractivity contribution in [2.24, 2.45) is 0 Å². The van der Waals surface area contributed by atoms with Crippen molar-refractivity contribution in [1.29, 1.82) is 5.26 Å². The number of nitrogens with zero attached hydrogens (tertiary/aromatic N) is 4. The number of carbonyl (C=O) groups excluding carboxylic acids is 1. The highest BCUT2D eigenvalue weighted by molar-refractivity contribution is 6.08. The molecule has 1 saturated heterocycles. The van der Waals surface area contributed by atoms with Gasteiger partial charge in [-0.25, -0.2) is 9.64 Å². The van der Waals surface area contributed by atoms with Gasteiger partial charge in [0.2, 0.25) is 0 Å². The van der Waals surface area contributed by atoms with Crippen LogP contribution in [0.15, 0.2) is 72.8 Å².